The number of carbonyl (C=O) groups is 1. The molecule has 0 atom stereocenters. The van der Waals surface area contributed by atoms with E-state index in [0.717, 1.165) is 12.8 Å². The van der Waals surface area contributed by atoms with Crippen LogP contribution in [0.1, 0.15) is 32.6 Å². The predicted molar refractivity (Wildman–Crippen MR) is 69.4 cm³/mol. The molecular weight excluding hydrogens is 216 g/mol. The average molecular weight is 242 g/mol. The fourth-order valence-electron chi connectivity index (χ4n) is 2.20. The molecule has 5 heteroatoms. The largest absolute Gasteiger partial charge is 0.301 e. The molecule has 1 aliphatic rings. The van der Waals surface area contributed by atoms with E-state index in [2.05, 4.69) is 22.1 Å². The summed E-state index contributed by atoms with van der Waals surface area (Å²) in [6, 6.07) is 0. The summed E-state index contributed by atoms with van der Waals surface area (Å²) in [7, 11) is 0. The van der Waals surface area contributed by atoms with Crippen LogP contribution in [0.3, 0.4) is 0 Å². The lowest BCUT2D eigenvalue weighted by Gasteiger charge is -2.33. The number of hydrogen-bond acceptors (Lipinski definition) is 4. The lowest BCUT2D eigenvalue weighted by Crippen LogP contribution is -2.46. The van der Waals surface area contributed by atoms with Gasteiger partial charge in [0.15, 0.2) is 0 Å². The highest BCUT2D eigenvalue weighted by molar-refractivity contribution is 5.74. The molecule has 3 N–H and O–H groups in total. The Kier molecular flexibility index (Phi) is 7.16. The van der Waals surface area contributed by atoms with Crippen LogP contribution in [0.4, 0.5) is 0 Å². The van der Waals surface area contributed by atoms with E-state index in [1.54, 1.807) is 0 Å². The van der Waals surface area contributed by atoms with Crippen molar-refractivity contribution in [2.45, 2.75) is 32.6 Å². The smallest absolute Gasteiger partial charge is 0.233 e. The predicted octanol–water partition coefficient (Wildman–Crippen LogP) is 0.174. The molecule has 1 amide bonds. The van der Waals surface area contributed by atoms with E-state index in [1.165, 1.54) is 45.7 Å². The molecule has 5 nitrogen and oxygen atoms in total. The molecule has 0 unspecified atom stereocenters. The molecule has 1 aliphatic heterocycles. The quantitative estimate of drug-likeness (QED) is 0.289. The molecule has 0 aromatic carbocycles. The Balaban J connectivity index is 1.95. The standard InChI is InChI=1S/C12H26N4O/c1-2-15-8-10-16(11-9-15)7-5-3-4-6-12(17)14-13/h2-11,13H2,1H3,(H,14,17). The Labute approximate surface area is 104 Å². The van der Waals surface area contributed by atoms with E-state index in [0.29, 0.717) is 6.42 Å². The first-order valence-corrected chi connectivity index (χ1v) is 6.70. The first-order chi connectivity index (χ1) is 8.26. The number of nitrogens with one attached hydrogen (secondary N) is 1. The normalized spacial score (nSPS) is 18.2. The molecule has 0 aliphatic carbocycles. The highest BCUT2D eigenvalue weighted by Crippen LogP contribution is 2.05. The van der Waals surface area contributed by atoms with Crippen molar-refractivity contribution in [1.29, 1.82) is 0 Å². The summed E-state index contributed by atoms with van der Waals surface area (Å²) in [5.41, 5.74) is 2.16. The van der Waals surface area contributed by atoms with Gasteiger partial charge >= 0.3 is 0 Å². The zero-order valence-corrected chi connectivity index (χ0v) is 11.0. The molecule has 0 saturated carbocycles. The van der Waals surface area contributed by atoms with Gasteiger partial charge in [0.25, 0.3) is 0 Å². The fraction of sp³-hybridized carbons (Fsp3) is 0.917. The number of amides is 1. The number of likely N-dealkylation sites (N-methyl/N-ethyl adjacent to an activating group) is 1. The van der Waals surface area contributed by atoms with Crippen LogP contribution >= 0.6 is 0 Å². The van der Waals surface area contributed by atoms with Gasteiger partial charge in [0.05, 0.1) is 0 Å². The first kappa shape index (κ1) is 14.4. The topological polar surface area (TPSA) is 61.6 Å². The monoisotopic (exact) mass is 242 g/mol. The number of nitrogens with zero attached hydrogens (tertiary/aromatic N) is 2. The van der Waals surface area contributed by atoms with Gasteiger partial charge in [-0.1, -0.05) is 13.3 Å². The van der Waals surface area contributed by atoms with Crippen molar-refractivity contribution < 1.29 is 4.79 Å². The molecule has 1 heterocycles. The van der Waals surface area contributed by atoms with Crippen LogP contribution < -0.4 is 11.3 Å². The van der Waals surface area contributed by atoms with Gasteiger partial charge in [-0.05, 0) is 25.9 Å². The molecular formula is C12H26N4O. The van der Waals surface area contributed by atoms with Crippen LogP contribution in [-0.2, 0) is 4.79 Å². The molecule has 0 bridgehead atoms. The van der Waals surface area contributed by atoms with Gasteiger partial charge in [0.1, 0.15) is 0 Å². The summed E-state index contributed by atoms with van der Waals surface area (Å²) in [5, 5.41) is 0. The van der Waals surface area contributed by atoms with Crippen LogP contribution in [-0.4, -0.2) is 55.0 Å². The maximum absolute atomic E-state index is 10.9. The molecule has 0 spiro atoms. The van der Waals surface area contributed by atoms with Crippen molar-refractivity contribution in [3.05, 3.63) is 0 Å². The third-order valence-corrected chi connectivity index (χ3v) is 3.45. The summed E-state index contributed by atoms with van der Waals surface area (Å²) >= 11 is 0. The van der Waals surface area contributed by atoms with Gasteiger partial charge in [-0.25, -0.2) is 5.84 Å². The zero-order chi connectivity index (χ0) is 12.5. The lowest BCUT2D eigenvalue weighted by atomic mass is 10.1. The summed E-state index contributed by atoms with van der Waals surface area (Å²) < 4.78 is 0. The number of piperazine rings is 1. The third-order valence-electron chi connectivity index (χ3n) is 3.45. The summed E-state index contributed by atoms with van der Waals surface area (Å²) in [5.74, 6) is 4.96. The molecule has 0 aromatic heterocycles. The number of rotatable bonds is 7. The number of carbonyl (C=O) groups excluding carboxylic acids is 1. The summed E-state index contributed by atoms with van der Waals surface area (Å²) in [6.45, 7) is 9.34. The van der Waals surface area contributed by atoms with Crippen molar-refractivity contribution in [2.75, 3.05) is 39.3 Å². The molecule has 0 aromatic rings. The highest BCUT2D eigenvalue weighted by Gasteiger charge is 2.14. The maximum Gasteiger partial charge on any atom is 0.233 e. The van der Waals surface area contributed by atoms with E-state index >= 15 is 0 Å². The van der Waals surface area contributed by atoms with Gasteiger partial charge in [-0.2, -0.15) is 0 Å². The summed E-state index contributed by atoms with van der Waals surface area (Å²) in [4.78, 5) is 15.9. The molecule has 17 heavy (non-hydrogen) atoms. The Morgan fingerprint density at radius 1 is 1.12 bits per heavy atom. The third kappa shape index (κ3) is 6.00. The number of unbranched alkanes of at least 4 members (excludes halogenated alkanes) is 2. The van der Waals surface area contributed by atoms with Gasteiger partial charge in [-0.3, -0.25) is 10.2 Å². The van der Waals surface area contributed by atoms with Crippen molar-refractivity contribution in [2.24, 2.45) is 5.84 Å². The first-order valence-electron chi connectivity index (χ1n) is 6.70. The van der Waals surface area contributed by atoms with Crippen molar-refractivity contribution in [1.82, 2.24) is 15.2 Å². The maximum atomic E-state index is 10.9. The van der Waals surface area contributed by atoms with E-state index < -0.39 is 0 Å². The molecule has 1 fully saturated rings. The lowest BCUT2D eigenvalue weighted by molar-refractivity contribution is -0.121. The zero-order valence-electron chi connectivity index (χ0n) is 11.0. The van der Waals surface area contributed by atoms with E-state index in [9.17, 15) is 4.79 Å². The second kappa shape index (κ2) is 8.44. The average Bonchev–Trinajstić information content (AvgIpc) is 2.38. The molecule has 0 radical (unpaired) electrons. The van der Waals surface area contributed by atoms with Crippen molar-refractivity contribution >= 4 is 5.91 Å². The van der Waals surface area contributed by atoms with Gasteiger partial charge in [-0.15, -0.1) is 0 Å². The SMILES string of the molecule is CCN1CCN(CCCCCC(=O)NN)CC1. The van der Waals surface area contributed by atoms with Crippen LogP contribution in [0.5, 0.6) is 0 Å². The van der Waals surface area contributed by atoms with Crippen LogP contribution in [0.25, 0.3) is 0 Å². The van der Waals surface area contributed by atoms with Crippen LogP contribution in [0, 0.1) is 0 Å². The number of nitrogens with two attached hydrogens (primary N) is 1. The van der Waals surface area contributed by atoms with Crippen molar-refractivity contribution in [3.63, 3.8) is 0 Å². The minimum atomic E-state index is -0.0541. The Hall–Kier alpha value is -0.650. The van der Waals surface area contributed by atoms with E-state index in [4.69, 9.17) is 5.84 Å². The Bertz CT molecular complexity index is 215. The fourth-order valence-corrected chi connectivity index (χ4v) is 2.20. The van der Waals surface area contributed by atoms with Crippen LogP contribution in [0.15, 0.2) is 0 Å². The van der Waals surface area contributed by atoms with Crippen molar-refractivity contribution in [3.8, 4) is 0 Å². The van der Waals surface area contributed by atoms with Gasteiger partial charge in [0, 0.05) is 32.6 Å². The molecule has 1 saturated heterocycles. The second-order valence-electron chi connectivity index (χ2n) is 4.65. The Morgan fingerprint density at radius 3 is 2.35 bits per heavy atom. The number of hydrogen-bond donors (Lipinski definition) is 2. The highest BCUT2D eigenvalue weighted by atomic mass is 16.2. The van der Waals surface area contributed by atoms with E-state index in [1.807, 2.05) is 0 Å². The Morgan fingerprint density at radius 2 is 1.76 bits per heavy atom. The van der Waals surface area contributed by atoms with Crippen LogP contribution in [0.2, 0.25) is 0 Å². The van der Waals surface area contributed by atoms with Gasteiger partial charge < -0.3 is 9.80 Å². The second-order valence-corrected chi connectivity index (χ2v) is 4.65. The minimum absolute atomic E-state index is 0.0541. The molecule has 1 rings (SSSR count). The van der Waals surface area contributed by atoms with Gasteiger partial charge in [0.2, 0.25) is 5.91 Å². The molecule has 100 valence electrons. The van der Waals surface area contributed by atoms with E-state index in [-0.39, 0.29) is 5.91 Å². The minimum Gasteiger partial charge on any atom is -0.301 e. The number of hydrazine groups is 1. The summed E-state index contributed by atoms with van der Waals surface area (Å²) in [6.07, 6.45) is 3.80.